The molecule has 1 aromatic rings. The molecule has 1 rings (SSSR count). The highest BCUT2D eigenvalue weighted by atomic mass is 79.9. The monoisotopic (exact) mass is 272 g/mol. The molecule has 0 saturated carbocycles. The van der Waals surface area contributed by atoms with Crippen molar-refractivity contribution in [2.45, 2.75) is 13.8 Å². The van der Waals surface area contributed by atoms with Crippen LogP contribution in [0.2, 0.25) is 0 Å². The molecule has 5 heteroatoms. The van der Waals surface area contributed by atoms with Gasteiger partial charge in [-0.1, -0.05) is 15.9 Å². The van der Waals surface area contributed by atoms with E-state index in [1.807, 2.05) is 0 Å². The van der Waals surface area contributed by atoms with E-state index >= 15 is 0 Å². The summed E-state index contributed by atoms with van der Waals surface area (Å²) in [4.78, 5) is 21.9. The van der Waals surface area contributed by atoms with Gasteiger partial charge in [0.25, 0.3) is 5.78 Å². The fraction of sp³-hybridized carbons (Fsp3) is 0.200. The van der Waals surface area contributed by atoms with Crippen LogP contribution >= 0.6 is 15.9 Å². The molecule has 0 amide bonds. The highest BCUT2D eigenvalue weighted by molar-refractivity contribution is 9.10. The first kappa shape index (κ1) is 11.7. The number of halogens is 1. The largest absolute Gasteiger partial charge is 0.507 e. The molecular formula is C10H9BrO4. The first-order valence-corrected chi connectivity index (χ1v) is 4.91. The van der Waals surface area contributed by atoms with E-state index in [1.54, 1.807) is 19.9 Å². The standard InChI is InChI=1S/C10H9BrO4/c1-4-3-6(11)5(2)7(8(4)12)9(13)10(14)15/h3,12H,1-2H3,(H,14,15). The number of aliphatic carboxylic acids is 1. The van der Waals surface area contributed by atoms with Crippen LogP contribution in [0.1, 0.15) is 21.5 Å². The summed E-state index contributed by atoms with van der Waals surface area (Å²) in [6, 6.07) is 1.63. The molecule has 80 valence electrons. The predicted octanol–water partition coefficient (Wildman–Crippen LogP) is 2.04. The Hall–Kier alpha value is -1.36. The second kappa shape index (κ2) is 4.02. The molecule has 0 aliphatic rings. The molecule has 0 saturated heterocycles. The van der Waals surface area contributed by atoms with Crippen LogP contribution in [0.15, 0.2) is 10.5 Å². The normalized spacial score (nSPS) is 10.1. The van der Waals surface area contributed by atoms with Crippen molar-refractivity contribution in [3.05, 3.63) is 27.2 Å². The first-order chi connectivity index (χ1) is 6.86. The number of phenolic OH excluding ortho intramolecular Hbond substituents is 1. The molecule has 0 unspecified atom stereocenters. The number of carboxylic acid groups (broad SMARTS) is 1. The summed E-state index contributed by atoms with van der Waals surface area (Å²) in [6.07, 6.45) is 0. The zero-order valence-electron chi connectivity index (χ0n) is 8.17. The maximum Gasteiger partial charge on any atom is 0.377 e. The first-order valence-electron chi connectivity index (χ1n) is 4.12. The van der Waals surface area contributed by atoms with Gasteiger partial charge in [-0.25, -0.2) is 4.79 Å². The summed E-state index contributed by atoms with van der Waals surface area (Å²) in [6.45, 7) is 3.16. The van der Waals surface area contributed by atoms with E-state index in [-0.39, 0.29) is 11.3 Å². The summed E-state index contributed by atoms with van der Waals surface area (Å²) >= 11 is 3.19. The second-order valence-corrected chi connectivity index (χ2v) is 4.01. The number of hydrogen-bond acceptors (Lipinski definition) is 3. The maximum atomic E-state index is 11.3. The number of phenols is 1. The molecule has 0 fully saturated rings. The van der Waals surface area contributed by atoms with Gasteiger partial charge in [-0.05, 0) is 31.0 Å². The van der Waals surface area contributed by atoms with Crippen molar-refractivity contribution in [1.29, 1.82) is 0 Å². The van der Waals surface area contributed by atoms with Crippen molar-refractivity contribution in [1.82, 2.24) is 0 Å². The number of carbonyl (C=O) groups is 2. The third-order valence-corrected chi connectivity index (χ3v) is 2.93. The zero-order valence-corrected chi connectivity index (χ0v) is 9.75. The molecule has 1 aromatic carbocycles. The van der Waals surface area contributed by atoms with Crippen molar-refractivity contribution in [3.8, 4) is 5.75 Å². The molecule has 4 nitrogen and oxygen atoms in total. The molecule has 0 heterocycles. The van der Waals surface area contributed by atoms with Crippen LogP contribution in [0, 0.1) is 13.8 Å². The molecule has 0 aromatic heterocycles. The quantitative estimate of drug-likeness (QED) is 0.638. The van der Waals surface area contributed by atoms with Gasteiger partial charge in [0.1, 0.15) is 5.75 Å². The molecular weight excluding hydrogens is 264 g/mol. The summed E-state index contributed by atoms with van der Waals surface area (Å²) < 4.78 is 0.599. The van der Waals surface area contributed by atoms with Crippen molar-refractivity contribution >= 4 is 27.7 Å². The van der Waals surface area contributed by atoms with Gasteiger partial charge in [0, 0.05) is 4.47 Å². The molecule has 0 radical (unpaired) electrons. The van der Waals surface area contributed by atoms with Gasteiger partial charge in [-0.2, -0.15) is 0 Å². The Balaban J connectivity index is 3.53. The minimum absolute atomic E-state index is 0.158. The molecule has 2 N–H and O–H groups in total. The minimum Gasteiger partial charge on any atom is -0.507 e. The Labute approximate surface area is 94.7 Å². The second-order valence-electron chi connectivity index (χ2n) is 3.16. The van der Waals surface area contributed by atoms with Crippen LogP contribution in [0.3, 0.4) is 0 Å². The van der Waals surface area contributed by atoms with E-state index in [0.717, 1.165) is 0 Å². The van der Waals surface area contributed by atoms with E-state index < -0.39 is 11.8 Å². The Morgan fingerprint density at radius 1 is 1.33 bits per heavy atom. The van der Waals surface area contributed by atoms with Crippen LogP contribution < -0.4 is 0 Å². The highest BCUT2D eigenvalue weighted by Crippen LogP contribution is 2.31. The Kier molecular flexibility index (Phi) is 3.14. The third kappa shape index (κ3) is 2.02. The van der Waals surface area contributed by atoms with E-state index in [0.29, 0.717) is 15.6 Å². The topological polar surface area (TPSA) is 74.6 Å². The van der Waals surface area contributed by atoms with Gasteiger partial charge in [-0.15, -0.1) is 0 Å². The Morgan fingerprint density at radius 2 is 1.87 bits per heavy atom. The maximum absolute atomic E-state index is 11.3. The van der Waals surface area contributed by atoms with E-state index in [2.05, 4.69) is 15.9 Å². The lowest BCUT2D eigenvalue weighted by molar-refractivity contribution is -0.131. The highest BCUT2D eigenvalue weighted by Gasteiger charge is 2.23. The fourth-order valence-corrected chi connectivity index (χ4v) is 1.79. The summed E-state index contributed by atoms with van der Waals surface area (Å²) in [5.74, 6) is -2.96. The predicted molar refractivity (Wildman–Crippen MR) is 57.2 cm³/mol. The number of carboxylic acids is 1. The number of hydrogen-bond donors (Lipinski definition) is 2. The van der Waals surface area contributed by atoms with Gasteiger partial charge in [0.15, 0.2) is 0 Å². The summed E-state index contributed by atoms with van der Waals surface area (Å²) in [7, 11) is 0. The smallest absolute Gasteiger partial charge is 0.377 e. The van der Waals surface area contributed by atoms with Crippen molar-refractivity contribution in [2.75, 3.05) is 0 Å². The summed E-state index contributed by atoms with van der Waals surface area (Å²) in [5.41, 5.74) is 0.719. The fourth-order valence-electron chi connectivity index (χ4n) is 1.25. The van der Waals surface area contributed by atoms with Gasteiger partial charge in [0.05, 0.1) is 5.56 Å². The van der Waals surface area contributed by atoms with Crippen molar-refractivity contribution < 1.29 is 19.8 Å². The lowest BCUT2D eigenvalue weighted by atomic mass is 10.0. The van der Waals surface area contributed by atoms with E-state index in [4.69, 9.17) is 5.11 Å². The number of aromatic hydroxyl groups is 1. The minimum atomic E-state index is -1.58. The third-order valence-electron chi connectivity index (χ3n) is 2.11. The molecule has 15 heavy (non-hydrogen) atoms. The van der Waals surface area contributed by atoms with Gasteiger partial charge >= 0.3 is 5.97 Å². The average Bonchev–Trinajstić information content (AvgIpc) is 2.15. The lowest BCUT2D eigenvalue weighted by Gasteiger charge is -2.09. The van der Waals surface area contributed by atoms with Gasteiger partial charge in [0.2, 0.25) is 0 Å². The van der Waals surface area contributed by atoms with Crippen LogP contribution in [-0.4, -0.2) is 22.0 Å². The number of Topliss-reactive ketones (excluding diaryl/α,β-unsaturated/α-hetero) is 1. The van der Waals surface area contributed by atoms with Crippen LogP contribution in [0.25, 0.3) is 0 Å². The van der Waals surface area contributed by atoms with Crippen LogP contribution in [-0.2, 0) is 4.79 Å². The number of ketones is 1. The molecule has 0 spiro atoms. The average molecular weight is 273 g/mol. The van der Waals surface area contributed by atoms with Crippen LogP contribution in [0.4, 0.5) is 0 Å². The Bertz CT molecular complexity index is 425. The zero-order chi connectivity index (χ0) is 11.7. The van der Waals surface area contributed by atoms with Gasteiger partial charge in [-0.3, -0.25) is 4.79 Å². The SMILES string of the molecule is Cc1cc(Br)c(C)c(C(=O)C(=O)O)c1O. The molecule has 0 aliphatic heterocycles. The number of benzene rings is 1. The molecule has 0 atom stereocenters. The van der Waals surface area contributed by atoms with Crippen molar-refractivity contribution in [2.24, 2.45) is 0 Å². The Morgan fingerprint density at radius 3 is 2.33 bits per heavy atom. The lowest BCUT2D eigenvalue weighted by Crippen LogP contribution is -2.15. The van der Waals surface area contributed by atoms with Crippen molar-refractivity contribution in [3.63, 3.8) is 0 Å². The van der Waals surface area contributed by atoms with E-state index in [9.17, 15) is 14.7 Å². The molecule has 0 bridgehead atoms. The number of rotatable bonds is 2. The number of carbonyl (C=O) groups excluding carboxylic acids is 1. The van der Waals surface area contributed by atoms with Crippen LogP contribution in [0.5, 0.6) is 5.75 Å². The number of aryl methyl sites for hydroxylation is 1. The van der Waals surface area contributed by atoms with Gasteiger partial charge < -0.3 is 10.2 Å². The van der Waals surface area contributed by atoms with E-state index in [1.165, 1.54) is 0 Å². The summed E-state index contributed by atoms with van der Waals surface area (Å²) in [5, 5.41) is 18.2. The molecule has 0 aliphatic carbocycles.